The Morgan fingerprint density at radius 2 is 1.93 bits per heavy atom. The predicted molar refractivity (Wildman–Crippen MR) is 94.1 cm³/mol. The Bertz CT molecular complexity index is 703. The van der Waals surface area contributed by atoms with Crippen molar-refractivity contribution in [2.24, 2.45) is 39.9 Å². The normalized spacial score (nSPS) is 55.5. The second-order valence-electron chi connectivity index (χ2n) is 10.2. The number of esters is 1. The maximum absolute atomic E-state index is 13.4. The number of carbonyl (C=O) groups excluding carboxylic acids is 2. The van der Waals surface area contributed by atoms with Gasteiger partial charge in [-0.2, -0.15) is 0 Å². The molecule has 0 aromatic carbocycles. The number of ether oxygens (including phenoxy) is 3. The molecular weight excluding hydrogens is 348 g/mol. The van der Waals surface area contributed by atoms with E-state index in [0.717, 1.165) is 19.3 Å². The van der Waals surface area contributed by atoms with Crippen molar-refractivity contribution < 1.29 is 28.9 Å². The van der Waals surface area contributed by atoms with Gasteiger partial charge >= 0.3 is 5.97 Å². The summed E-state index contributed by atoms with van der Waals surface area (Å²) in [6.07, 6.45) is 1.82. The lowest BCUT2D eigenvalue weighted by Crippen LogP contribution is -2.70. The molecule has 5 rings (SSSR count). The van der Waals surface area contributed by atoms with E-state index in [2.05, 4.69) is 13.8 Å². The number of carbonyl (C=O) groups is 2. The fourth-order valence-corrected chi connectivity index (χ4v) is 7.91. The van der Waals surface area contributed by atoms with Crippen LogP contribution in [0, 0.1) is 39.9 Å². The number of hydrogen-bond donors (Lipinski definition) is 1. The van der Waals surface area contributed by atoms with Crippen molar-refractivity contribution in [3.8, 4) is 0 Å². The number of hydrogen-bond acceptors (Lipinski definition) is 6. The van der Waals surface area contributed by atoms with Crippen molar-refractivity contribution in [2.45, 2.75) is 71.6 Å². The standard InChI is InChI=1S/C21H30O6/c1-10-11-5-6-12-20(9-11,15(10)22)17(24)26-13-7-8-19(2,3)14-16(23)27-18(25-4)21(12,13)14/h10-14,16,18,23H,5-9H2,1-4H3/t10-,11-,12-,13+,14-,16+,18-,20+,21+/m1/s1. The zero-order valence-electron chi connectivity index (χ0n) is 16.6. The summed E-state index contributed by atoms with van der Waals surface area (Å²) in [6.45, 7) is 6.25. The third-order valence-electron chi connectivity index (χ3n) is 8.94. The molecule has 1 N–H and O–H groups in total. The molecule has 0 radical (unpaired) electrons. The van der Waals surface area contributed by atoms with Gasteiger partial charge in [-0.3, -0.25) is 9.59 Å². The van der Waals surface area contributed by atoms with Crippen LogP contribution in [0.3, 0.4) is 0 Å². The Kier molecular flexibility index (Phi) is 3.57. The van der Waals surface area contributed by atoms with Crippen LogP contribution in [0.15, 0.2) is 0 Å². The van der Waals surface area contributed by atoms with E-state index in [-0.39, 0.29) is 46.9 Å². The second kappa shape index (κ2) is 5.33. The molecule has 0 aromatic rings. The van der Waals surface area contributed by atoms with Gasteiger partial charge in [0.2, 0.25) is 0 Å². The molecule has 3 saturated carbocycles. The molecule has 0 unspecified atom stereocenters. The minimum atomic E-state index is -1.09. The Morgan fingerprint density at radius 1 is 1.19 bits per heavy atom. The Labute approximate surface area is 159 Å². The van der Waals surface area contributed by atoms with Gasteiger partial charge in [-0.25, -0.2) is 0 Å². The summed E-state index contributed by atoms with van der Waals surface area (Å²) in [5, 5.41) is 10.9. The summed E-state index contributed by atoms with van der Waals surface area (Å²) in [4.78, 5) is 26.7. The predicted octanol–water partition coefficient (Wildman–Crippen LogP) is 2.28. The molecule has 9 atom stereocenters. The highest BCUT2D eigenvalue weighted by atomic mass is 16.7. The molecule has 27 heavy (non-hydrogen) atoms. The van der Waals surface area contributed by atoms with Crippen LogP contribution in [0.1, 0.15) is 52.9 Å². The van der Waals surface area contributed by atoms with Gasteiger partial charge in [0.25, 0.3) is 0 Å². The highest BCUT2D eigenvalue weighted by Gasteiger charge is 2.80. The molecular formula is C21H30O6. The Balaban J connectivity index is 1.74. The van der Waals surface area contributed by atoms with Crippen molar-refractivity contribution in [1.82, 2.24) is 0 Å². The highest BCUT2D eigenvalue weighted by Crippen LogP contribution is 2.72. The van der Waals surface area contributed by atoms with Gasteiger partial charge in [0.15, 0.2) is 18.4 Å². The van der Waals surface area contributed by atoms with E-state index in [9.17, 15) is 14.7 Å². The van der Waals surface area contributed by atoms with Crippen LogP contribution in [0.5, 0.6) is 0 Å². The number of Topliss-reactive ketones (excluding diaryl/α,β-unsaturated/α-hetero) is 1. The molecule has 5 fully saturated rings. The largest absolute Gasteiger partial charge is 0.461 e. The SMILES string of the molecule is CO[C@@H]1O[C@H](O)[C@@H]2C(C)(C)CC[C@@H]3OC(=O)[C@@]45C[C@@H](CC[C@H]4[C@]132)[C@@H](C)C5=O. The van der Waals surface area contributed by atoms with Crippen LogP contribution >= 0.6 is 0 Å². The van der Waals surface area contributed by atoms with Gasteiger partial charge in [0.05, 0.1) is 5.41 Å². The molecule has 0 aromatic heterocycles. The molecule has 2 aliphatic heterocycles. The van der Waals surface area contributed by atoms with Crippen LogP contribution in [0.4, 0.5) is 0 Å². The summed E-state index contributed by atoms with van der Waals surface area (Å²) < 4.78 is 17.7. The molecule has 0 amide bonds. The summed E-state index contributed by atoms with van der Waals surface area (Å²) in [5.74, 6) is -0.597. The van der Waals surface area contributed by atoms with Crippen molar-refractivity contribution in [1.29, 1.82) is 0 Å². The van der Waals surface area contributed by atoms with Crippen LogP contribution in [0.2, 0.25) is 0 Å². The Hall–Kier alpha value is -0.980. The van der Waals surface area contributed by atoms with Gasteiger partial charge in [-0.1, -0.05) is 20.8 Å². The first-order valence-corrected chi connectivity index (χ1v) is 10.3. The smallest absolute Gasteiger partial charge is 0.320 e. The van der Waals surface area contributed by atoms with Crippen molar-refractivity contribution in [3.05, 3.63) is 0 Å². The van der Waals surface area contributed by atoms with E-state index in [1.807, 2.05) is 6.92 Å². The topological polar surface area (TPSA) is 82.1 Å². The second-order valence-corrected chi connectivity index (χ2v) is 10.2. The minimum absolute atomic E-state index is 0.0335. The maximum atomic E-state index is 13.4. The first-order valence-electron chi connectivity index (χ1n) is 10.3. The maximum Gasteiger partial charge on any atom is 0.320 e. The van der Waals surface area contributed by atoms with Crippen LogP contribution in [0.25, 0.3) is 0 Å². The molecule has 2 spiro atoms. The fraction of sp³-hybridized carbons (Fsp3) is 0.905. The average Bonchev–Trinajstić information content (AvgIpc) is 3.04. The fourth-order valence-electron chi connectivity index (χ4n) is 7.91. The van der Waals surface area contributed by atoms with E-state index in [1.165, 1.54) is 0 Å². The van der Waals surface area contributed by atoms with E-state index in [4.69, 9.17) is 14.2 Å². The quantitative estimate of drug-likeness (QED) is 0.557. The number of rotatable bonds is 1. The molecule has 6 heteroatoms. The monoisotopic (exact) mass is 378 g/mol. The van der Waals surface area contributed by atoms with Crippen LogP contribution in [-0.2, 0) is 23.8 Å². The Morgan fingerprint density at radius 3 is 2.63 bits per heavy atom. The zero-order valence-corrected chi connectivity index (χ0v) is 16.6. The van der Waals surface area contributed by atoms with Gasteiger partial charge < -0.3 is 19.3 Å². The van der Waals surface area contributed by atoms with Crippen molar-refractivity contribution in [3.63, 3.8) is 0 Å². The van der Waals surface area contributed by atoms with Gasteiger partial charge in [0, 0.05) is 18.9 Å². The lowest BCUT2D eigenvalue weighted by atomic mass is 9.43. The van der Waals surface area contributed by atoms with E-state index in [0.29, 0.717) is 12.8 Å². The summed E-state index contributed by atoms with van der Waals surface area (Å²) >= 11 is 0. The minimum Gasteiger partial charge on any atom is -0.461 e. The van der Waals surface area contributed by atoms with Gasteiger partial charge in [-0.15, -0.1) is 0 Å². The summed E-state index contributed by atoms with van der Waals surface area (Å²) in [5.41, 5.74) is -1.96. The molecule has 3 aliphatic carbocycles. The number of ketones is 1. The molecule has 2 bridgehead atoms. The van der Waals surface area contributed by atoms with E-state index in [1.54, 1.807) is 7.11 Å². The number of fused-ring (bicyclic) bond motifs is 1. The zero-order chi connectivity index (χ0) is 19.4. The highest BCUT2D eigenvalue weighted by molar-refractivity contribution is 6.07. The number of aliphatic hydroxyl groups is 1. The first-order chi connectivity index (χ1) is 12.7. The van der Waals surface area contributed by atoms with E-state index < -0.39 is 23.4 Å². The van der Waals surface area contributed by atoms with Crippen molar-refractivity contribution in [2.75, 3.05) is 7.11 Å². The third-order valence-corrected chi connectivity index (χ3v) is 8.94. The lowest BCUT2D eigenvalue weighted by Gasteiger charge is -2.62. The van der Waals surface area contributed by atoms with E-state index >= 15 is 0 Å². The molecule has 2 saturated heterocycles. The summed E-state index contributed by atoms with van der Waals surface area (Å²) in [6, 6.07) is 0. The number of aliphatic hydroxyl groups excluding tert-OH is 1. The third kappa shape index (κ3) is 1.83. The molecule has 2 heterocycles. The number of methoxy groups -OCH3 is 1. The first kappa shape index (κ1) is 18.1. The van der Waals surface area contributed by atoms with Crippen LogP contribution < -0.4 is 0 Å². The van der Waals surface area contributed by atoms with Gasteiger partial charge in [-0.05, 0) is 49.4 Å². The molecule has 6 nitrogen and oxygen atoms in total. The molecule has 5 aliphatic rings. The summed E-state index contributed by atoms with van der Waals surface area (Å²) in [7, 11) is 1.58. The van der Waals surface area contributed by atoms with Crippen molar-refractivity contribution >= 4 is 11.8 Å². The van der Waals surface area contributed by atoms with Crippen LogP contribution in [-0.4, -0.2) is 42.7 Å². The van der Waals surface area contributed by atoms with Gasteiger partial charge in [0.1, 0.15) is 11.5 Å². The molecule has 150 valence electrons. The lowest BCUT2D eigenvalue weighted by molar-refractivity contribution is -0.273. The average molecular weight is 378 g/mol.